The van der Waals surface area contributed by atoms with Crippen molar-refractivity contribution in [1.82, 2.24) is 5.32 Å². The lowest BCUT2D eigenvalue weighted by Crippen LogP contribution is -2.50. The van der Waals surface area contributed by atoms with Gasteiger partial charge in [0.05, 0.1) is 12.3 Å². The van der Waals surface area contributed by atoms with E-state index in [2.05, 4.69) is 5.32 Å². The Hall–Kier alpha value is -2.12. The molecule has 1 heterocycles. The van der Waals surface area contributed by atoms with E-state index in [0.717, 1.165) is 12.0 Å². The van der Waals surface area contributed by atoms with Crippen LogP contribution in [0, 0.1) is 0 Å². The number of methoxy groups -OCH3 is 1. The Morgan fingerprint density at radius 2 is 2.20 bits per heavy atom. The minimum Gasteiger partial charge on any atom is -0.478 e. The van der Waals surface area contributed by atoms with Gasteiger partial charge < -0.3 is 20.5 Å². The number of carbonyl (C=O) groups excluding carboxylic acids is 2. The van der Waals surface area contributed by atoms with Crippen LogP contribution in [0.5, 0.6) is 5.75 Å². The van der Waals surface area contributed by atoms with Gasteiger partial charge in [0.25, 0.3) is 5.91 Å². The zero-order valence-electron chi connectivity index (χ0n) is 15.1. The number of nitrogens with two attached hydrogens (primary N) is 1. The second-order valence-corrected chi connectivity index (χ2v) is 6.02. The van der Waals surface area contributed by atoms with Crippen LogP contribution in [0.1, 0.15) is 38.3 Å². The van der Waals surface area contributed by atoms with Crippen molar-refractivity contribution >= 4 is 17.5 Å². The van der Waals surface area contributed by atoms with Crippen molar-refractivity contribution in [3.8, 4) is 5.75 Å². The smallest absolute Gasteiger partial charge is 0.268 e. The van der Waals surface area contributed by atoms with Gasteiger partial charge >= 0.3 is 0 Å². The lowest BCUT2D eigenvalue weighted by Gasteiger charge is -2.34. The number of benzene rings is 1. The lowest BCUT2D eigenvalue weighted by molar-refractivity contribution is -0.129. The predicted octanol–water partition coefficient (Wildman–Crippen LogP) is 1.36. The molecule has 7 heteroatoms. The third-order valence-electron chi connectivity index (χ3n) is 4.25. The zero-order chi connectivity index (χ0) is 18.4. The molecule has 1 aliphatic heterocycles. The summed E-state index contributed by atoms with van der Waals surface area (Å²) < 4.78 is 10.7. The van der Waals surface area contributed by atoms with Gasteiger partial charge in [0, 0.05) is 19.7 Å². The molecule has 138 valence electrons. The first-order valence-corrected chi connectivity index (χ1v) is 8.64. The molecule has 0 aromatic heterocycles. The fourth-order valence-electron chi connectivity index (χ4n) is 2.72. The normalized spacial score (nSPS) is 17.7. The SMILES string of the molecule is CCC1Oc2ccc(C(N)CC)cc2N(CC(=O)NCCOC)C1=O. The maximum atomic E-state index is 12.7. The quantitative estimate of drug-likeness (QED) is 0.691. The molecule has 2 atom stereocenters. The van der Waals surface area contributed by atoms with Gasteiger partial charge in [-0.2, -0.15) is 0 Å². The number of rotatable bonds is 8. The summed E-state index contributed by atoms with van der Waals surface area (Å²) in [6.07, 6.45) is 0.740. The van der Waals surface area contributed by atoms with Crippen LogP contribution in [-0.4, -0.2) is 44.7 Å². The van der Waals surface area contributed by atoms with Crippen molar-refractivity contribution < 1.29 is 19.1 Å². The Morgan fingerprint density at radius 1 is 1.44 bits per heavy atom. The van der Waals surface area contributed by atoms with Crippen molar-refractivity contribution in [2.75, 3.05) is 31.7 Å². The minimum absolute atomic E-state index is 0.0553. The summed E-state index contributed by atoms with van der Waals surface area (Å²) >= 11 is 0. The third kappa shape index (κ3) is 4.49. The Balaban J connectivity index is 2.27. The molecule has 0 radical (unpaired) electrons. The van der Waals surface area contributed by atoms with E-state index in [0.29, 0.717) is 31.0 Å². The Labute approximate surface area is 148 Å². The first-order chi connectivity index (χ1) is 12.0. The van der Waals surface area contributed by atoms with E-state index in [-0.39, 0.29) is 24.4 Å². The maximum absolute atomic E-state index is 12.7. The Bertz CT molecular complexity index is 620. The van der Waals surface area contributed by atoms with Crippen LogP contribution in [0.15, 0.2) is 18.2 Å². The highest BCUT2D eigenvalue weighted by Gasteiger charge is 2.34. The molecule has 2 unspecified atom stereocenters. The minimum atomic E-state index is -0.579. The average molecular weight is 349 g/mol. The molecule has 2 amide bonds. The van der Waals surface area contributed by atoms with E-state index in [9.17, 15) is 9.59 Å². The molecule has 2 rings (SSSR count). The molecule has 0 saturated carbocycles. The number of nitrogens with zero attached hydrogens (tertiary/aromatic N) is 1. The first-order valence-electron chi connectivity index (χ1n) is 8.64. The third-order valence-corrected chi connectivity index (χ3v) is 4.25. The Morgan fingerprint density at radius 3 is 2.84 bits per heavy atom. The van der Waals surface area contributed by atoms with Crippen LogP contribution in [0.25, 0.3) is 0 Å². The predicted molar refractivity (Wildman–Crippen MR) is 95.6 cm³/mol. The van der Waals surface area contributed by atoms with Gasteiger partial charge in [-0.05, 0) is 30.5 Å². The number of ether oxygens (including phenoxy) is 2. The summed E-state index contributed by atoms with van der Waals surface area (Å²) in [5.41, 5.74) is 7.62. The monoisotopic (exact) mass is 349 g/mol. The highest BCUT2D eigenvalue weighted by Crippen LogP contribution is 2.36. The molecule has 1 aliphatic rings. The molecule has 0 spiro atoms. The average Bonchev–Trinajstić information content (AvgIpc) is 2.63. The topological polar surface area (TPSA) is 93.9 Å². The maximum Gasteiger partial charge on any atom is 0.268 e. The molecule has 0 aliphatic carbocycles. The molecule has 25 heavy (non-hydrogen) atoms. The molecule has 0 saturated heterocycles. The number of amides is 2. The van der Waals surface area contributed by atoms with Gasteiger partial charge in [0.1, 0.15) is 12.3 Å². The van der Waals surface area contributed by atoms with Crippen LogP contribution >= 0.6 is 0 Å². The summed E-state index contributed by atoms with van der Waals surface area (Å²) in [5, 5.41) is 2.74. The van der Waals surface area contributed by atoms with E-state index in [4.69, 9.17) is 15.2 Å². The van der Waals surface area contributed by atoms with Crippen molar-refractivity contribution in [2.45, 2.75) is 38.8 Å². The van der Waals surface area contributed by atoms with Gasteiger partial charge in [-0.3, -0.25) is 14.5 Å². The molecule has 1 aromatic carbocycles. The first kappa shape index (κ1) is 19.2. The zero-order valence-corrected chi connectivity index (χ0v) is 15.1. The molecular formula is C18H27N3O4. The standard InChI is InChI=1S/C18H27N3O4/c1-4-13(19)12-6-7-16-14(10-12)21(18(23)15(5-2)25-16)11-17(22)20-8-9-24-3/h6-7,10,13,15H,4-5,8-9,11,19H2,1-3H3,(H,20,22). The number of hydrogen-bond donors (Lipinski definition) is 2. The van der Waals surface area contributed by atoms with E-state index in [1.54, 1.807) is 7.11 Å². The van der Waals surface area contributed by atoms with Crippen LogP contribution < -0.4 is 20.7 Å². The van der Waals surface area contributed by atoms with Crippen molar-refractivity contribution in [2.24, 2.45) is 5.73 Å². The number of fused-ring (bicyclic) bond motifs is 1. The molecule has 0 bridgehead atoms. The summed E-state index contributed by atoms with van der Waals surface area (Å²) in [6.45, 7) is 4.65. The van der Waals surface area contributed by atoms with Crippen LogP contribution in [0.2, 0.25) is 0 Å². The highest BCUT2D eigenvalue weighted by molar-refractivity contribution is 6.03. The Kier molecular flexibility index (Phi) is 6.78. The molecule has 7 nitrogen and oxygen atoms in total. The van der Waals surface area contributed by atoms with E-state index < -0.39 is 6.10 Å². The summed E-state index contributed by atoms with van der Waals surface area (Å²) in [5.74, 6) is 0.153. The van der Waals surface area contributed by atoms with Crippen LogP contribution in [-0.2, 0) is 14.3 Å². The summed E-state index contributed by atoms with van der Waals surface area (Å²) in [4.78, 5) is 26.4. The van der Waals surface area contributed by atoms with Crippen molar-refractivity contribution in [3.63, 3.8) is 0 Å². The van der Waals surface area contributed by atoms with Gasteiger partial charge in [0.2, 0.25) is 5.91 Å². The number of nitrogens with one attached hydrogen (secondary N) is 1. The summed E-state index contributed by atoms with van der Waals surface area (Å²) in [7, 11) is 1.57. The van der Waals surface area contributed by atoms with E-state index in [1.807, 2.05) is 32.0 Å². The van der Waals surface area contributed by atoms with Crippen molar-refractivity contribution in [3.05, 3.63) is 23.8 Å². The van der Waals surface area contributed by atoms with E-state index in [1.165, 1.54) is 4.90 Å². The fraction of sp³-hybridized carbons (Fsp3) is 0.556. The van der Waals surface area contributed by atoms with Crippen LogP contribution in [0.3, 0.4) is 0 Å². The van der Waals surface area contributed by atoms with Crippen molar-refractivity contribution in [1.29, 1.82) is 0 Å². The van der Waals surface area contributed by atoms with Gasteiger partial charge in [-0.1, -0.05) is 19.9 Å². The molecule has 1 aromatic rings. The number of hydrogen-bond acceptors (Lipinski definition) is 5. The largest absolute Gasteiger partial charge is 0.478 e. The highest BCUT2D eigenvalue weighted by atomic mass is 16.5. The van der Waals surface area contributed by atoms with Crippen LogP contribution in [0.4, 0.5) is 5.69 Å². The van der Waals surface area contributed by atoms with Gasteiger partial charge in [-0.25, -0.2) is 0 Å². The molecular weight excluding hydrogens is 322 g/mol. The molecule has 3 N–H and O–H groups in total. The second-order valence-electron chi connectivity index (χ2n) is 6.02. The van der Waals surface area contributed by atoms with Gasteiger partial charge in [-0.15, -0.1) is 0 Å². The van der Waals surface area contributed by atoms with E-state index >= 15 is 0 Å². The number of carbonyl (C=O) groups is 2. The molecule has 0 fully saturated rings. The second kappa shape index (κ2) is 8.82. The number of anilines is 1. The summed E-state index contributed by atoms with van der Waals surface area (Å²) in [6, 6.07) is 5.45. The lowest BCUT2D eigenvalue weighted by atomic mass is 10.0. The fourth-order valence-corrected chi connectivity index (χ4v) is 2.72. The van der Waals surface area contributed by atoms with Gasteiger partial charge in [0.15, 0.2) is 6.10 Å².